The molecular weight excluding hydrogens is 228 g/mol. The van der Waals surface area contributed by atoms with Crippen molar-refractivity contribution in [2.75, 3.05) is 46.5 Å². The lowest BCUT2D eigenvalue weighted by molar-refractivity contribution is -0.0486. The molecule has 0 aromatic heterocycles. The summed E-state index contributed by atoms with van der Waals surface area (Å²) in [6.07, 6.45) is 2.28. The van der Waals surface area contributed by atoms with E-state index in [-0.39, 0.29) is 5.60 Å². The van der Waals surface area contributed by atoms with Crippen molar-refractivity contribution in [3.05, 3.63) is 0 Å². The van der Waals surface area contributed by atoms with E-state index < -0.39 is 0 Å². The van der Waals surface area contributed by atoms with Crippen LogP contribution in [0, 0.1) is 5.92 Å². The number of ether oxygens (including phenoxy) is 2. The Morgan fingerprint density at radius 1 is 1.50 bits per heavy atom. The molecule has 0 aliphatic carbocycles. The van der Waals surface area contributed by atoms with Gasteiger partial charge in [-0.05, 0) is 25.4 Å². The number of hydrogen-bond acceptors (Lipinski definition) is 4. The van der Waals surface area contributed by atoms with Crippen LogP contribution in [0.25, 0.3) is 0 Å². The zero-order chi connectivity index (χ0) is 13.0. The van der Waals surface area contributed by atoms with E-state index >= 15 is 0 Å². The molecule has 18 heavy (non-hydrogen) atoms. The number of nitrogens with zero attached hydrogens (tertiary/aromatic N) is 1. The van der Waals surface area contributed by atoms with Crippen LogP contribution in [-0.2, 0) is 9.47 Å². The average Bonchev–Trinajstić information content (AvgIpc) is 2.82. The Hall–Kier alpha value is -0.160. The molecule has 1 N–H and O–H groups in total. The van der Waals surface area contributed by atoms with Gasteiger partial charge in [-0.1, -0.05) is 13.8 Å². The maximum atomic E-state index is 5.73. The summed E-state index contributed by atoms with van der Waals surface area (Å²) in [5.74, 6) is 0.718. The largest absolute Gasteiger partial charge is 0.378 e. The third-order valence-corrected chi connectivity index (χ3v) is 4.47. The Morgan fingerprint density at radius 2 is 2.33 bits per heavy atom. The molecule has 106 valence electrons. The lowest BCUT2D eigenvalue weighted by Crippen LogP contribution is -2.53. The Bertz CT molecular complexity index is 254. The molecule has 0 aromatic carbocycles. The second kappa shape index (κ2) is 6.33. The topological polar surface area (TPSA) is 33.7 Å². The molecule has 2 rings (SSSR count). The summed E-state index contributed by atoms with van der Waals surface area (Å²) in [6, 6.07) is 0.685. The molecule has 4 heteroatoms. The van der Waals surface area contributed by atoms with Crippen LogP contribution in [0.15, 0.2) is 0 Å². The van der Waals surface area contributed by atoms with Crippen LogP contribution in [0.3, 0.4) is 0 Å². The second-order valence-corrected chi connectivity index (χ2v) is 5.85. The van der Waals surface area contributed by atoms with Gasteiger partial charge in [0, 0.05) is 39.3 Å². The van der Waals surface area contributed by atoms with E-state index in [0.717, 1.165) is 38.6 Å². The first-order valence-electron chi connectivity index (χ1n) is 7.28. The average molecular weight is 256 g/mol. The van der Waals surface area contributed by atoms with Crippen LogP contribution in [0.1, 0.15) is 26.7 Å². The first-order chi connectivity index (χ1) is 8.69. The molecule has 2 heterocycles. The minimum atomic E-state index is -0.0509. The fourth-order valence-electron chi connectivity index (χ4n) is 3.29. The molecule has 0 saturated carbocycles. The van der Waals surface area contributed by atoms with Gasteiger partial charge in [0.2, 0.25) is 0 Å². The summed E-state index contributed by atoms with van der Waals surface area (Å²) in [7, 11) is 1.82. The molecule has 0 bridgehead atoms. The van der Waals surface area contributed by atoms with Gasteiger partial charge in [-0.3, -0.25) is 4.90 Å². The van der Waals surface area contributed by atoms with Crippen LogP contribution in [-0.4, -0.2) is 63.0 Å². The molecule has 2 saturated heterocycles. The fourth-order valence-corrected chi connectivity index (χ4v) is 3.29. The predicted molar refractivity (Wildman–Crippen MR) is 72.9 cm³/mol. The number of rotatable bonds is 5. The van der Waals surface area contributed by atoms with Crippen molar-refractivity contribution in [1.29, 1.82) is 0 Å². The molecule has 3 atom stereocenters. The number of hydrogen-bond donors (Lipinski definition) is 1. The van der Waals surface area contributed by atoms with Gasteiger partial charge in [-0.2, -0.15) is 0 Å². The van der Waals surface area contributed by atoms with Crippen molar-refractivity contribution in [2.24, 2.45) is 5.92 Å². The summed E-state index contributed by atoms with van der Waals surface area (Å²) >= 11 is 0. The van der Waals surface area contributed by atoms with E-state index in [4.69, 9.17) is 9.47 Å². The third-order valence-electron chi connectivity index (χ3n) is 4.47. The normalized spacial score (nSPS) is 38.2. The molecule has 0 spiro atoms. The first kappa shape index (κ1) is 14.3. The van der Waals surface area contributed by atoms with Gasteiger partial charge in [-0.25, -0.2) is 0 Å². The predicted octanol–water partition coefficient (Wildman–Crippen LogP) is 1.11. The molecule has 2 aliphatic heterocycles. The van der Waals surface area contributed by atoms with Gasteiger partial charge in [0.1, 0.15) is 5.60 Å². The molecule has 4 nitrogen and oxygen atoms in total. The maximum Gasteiger partial charge on any atom is 0.106 e. The Labute approximate surface area is 111 Å². The first-order valence-corrected chi connectivity index (χ1v) is 7.28. The van der Waals surface area contributed by atoms with Crippen molar-refractivity contribution in [1.82, 2.24) is 10.2 Å². The van der Waals surface area contributed by atoms with Crippen molar-refractivity contribution in [3.63, 3.8) is 0 Å². The summed E-state index contributed by atoms with van der Waals surface area (Å²) in [6.45, 7) is 10.6. The van der Waals surface area contributed by atoms with Gasteiger partial charge in [0.15, 0.2) is 0 Å². The van der Waals surface area contributed by atoms with E-state index in [1.807, 2.05) is 7.11 Å². The molecule has 3 unspecified atom stereocenters. The van der Waals surface area contributed by atoms with Gasteiger partial charge in [-0.15, -0.1) is 0 Å². The quantitative estimate of drug-likeness (QED) is 0.799. The zero-order valence-electron chi connectivity index (χ0n) is 12.1. The number of nitrogens with one attached hydrogen (secondary N) is 1. The van der Waals surface area contributed by atoms with Crippen molar-refractivity contribution in [3.8, 4) is 0 Å². The Morgan fingerprint density at radius 3 is 2.89 bits per heavy atom. The van der Waals surface area contributed by atoms with Crippen molar-refractivity contribution < 1.29 is 9.47 Å². The highest BCUT2D eigenvalue weighted by atomic mass is 16.5. The standard InChI is InChI=1S/C14H28N2O2/c1-4-15-13-5-7-16(9-12(13)2)10-14(17-3)6-8-18-11-14/h12-13,15H,4-11H2,1-3H3. The van der Waals surface area contributed by atoms with Gasteiger partial charge < -0.3 is 14.8 Å². The minimum absolute atomic E-state index is 0.0509. The molecule has 0 amide bonds. The summed E-state index contributed by atoms with van der Waals surface area (Å²) in [5.41, 5.74) is -0.0509. The maximum absolute atomic E-state index is 5.73. The number of methoxy groups -OCH3 is 1. The minimum Gasteiger partial charge on any atom is -0.378 e. The lowest BCUT2D eigenvalue weighted by atomic mass is 9.92. The zero-order valence-corrected chi connectivity index (χ0v) is 12.1. The Balaban J connectivity index is 1.84. The lowest BCUT2D eigenvalue weighted by Gasteiger charge is -2.41. The van der Waals surface area contributed by atoms with Crippen LogP contribution in [0.5, 0.6) is 0 Å². The van der Waals surface area contributed by atoms with Crippen molar-refractivity contribution >= 4 is 0 Å². The molecule has 2 aliphatic rings. The number of likely N-dealkylation sites (tertiary alicyclic amines) is 1. The summed E-state index contributed by atoms with van der Waals surface area (Å²) < 4.78 is 11.2. The van der Waals surface area contributed by atoms with E-state index in [1.54, 1.807) is 0 Å². The van der Waals surface area contributed by atoms with Gasteiger partial charge in [0.05, 0.1) is 6.61 Å². The third kappa shape index (κ3) is 3.23. The van der Waals surface area contributed by atoms with Crippen LogP contribution in [0.4, 0.5) is 0 Å². The van der Waals surface area contributed by atoms with Crippen LogP contribution < -0.4 is 5.32 Å². The van der Waals surface area contributed by atoms with E-state index in [2.05, 4.69) is 24.1 Å². The van der Waals surface area contributed by atoms with Crippen LogP contribution in [0.2, 0.25) is 0 Å². The monoisotopic (exact) mass is 256 g/mol. The molecule has 2 fully saturated rings. The smallest absolute Gasteiger partial charge is 0.106 e. The van der Waals surface area contributed by atoms with E-state index in [9.17, 15) is 0 Å². The van der Waals surface area contributed by atoms with Gasteiger partial charge >= 0.3 is 0 Å². The van der Waals surface area contributed by atoms with E-state index in [1.165, 1.54) is 19.5 Å². The van der Waals surface area contributed by atoms with Crippen LogP contribution >= 0.6 is 0 Å². The van der Waals surface area contributed by atoms with Crippen molar-refractivity contribution in [2.45, 2.75) is 38.3 Å². The summed E-state index contributed by atoms with van der Waals surface area (Å²) in [4.78, 5) is 2.55. The molecule has 0 aromatic rings. The molecule has 0 radical (unpaired) electrons. The number of piperidine rings is 1. The Kier molecular flexibility index (Phi) is 5.01. The second-order valence-electron chi connectivity index (χ2n) is 5.85. The highest BCUT2D eigenvalue weighted by Crippen LogP contribution is 2.26. The molecular formula is C14H28N2O2. The fraction of sp³-hybridized carbons (Fsp3) is 1.00. The highest BCUT2D eigenvalue weighted by molar-refractivity contribution is 4.91. The van der Waals surface area contributed by atoms with Gasteiger partial charge in [0.25, 0.3) is 0 Å². The van der Waals surface area contributed by atoms with E-state index in [0.29, 0.717) is 6.04 Å². The highest BCUT2D eigenvalue weighted by Gasteiger charge is 2.38. The SMILES string of the molecule is CCNC1CCN(CC2(OC)CCOC2)CC1C. The summed E-state index contributed by atoms with van der Waals surface area (Å²) in [5, 5.41) is 3.59.